The van der Waals surface area contributed by atoms with Gasteiger partial charge in [-0.1, -0.05) is 0 Å². The lowest BCUT2D eigenvalue weighted by Crippen LogP contribution is -2.46. The van der Waals surface area contributed by atoms with Gasteiger partial charge in [-0.15, -0.1) is 0 Å². The molecule has 1 aliphatic rings. The van der Waals surface area contributed by atoms with Crippen LogP contribution in [0.15, 0.2) is 0 Å². The molecule has 1 aromatic heterocycles. The lowest BCUT2D eigenvalue weighted by atomic mass is 10.2. The van der Waals surface area contributed by atoms with Crippen LogP contribution in [0.5, 0.6) is 0 Å². The monoisotopic (exact) mass is 256 g/mol. The second kappa shape index (κ2) is 4.22. The molecule has 1 fully saturated rings. The number of hydrogen-bond acceptors (Lipinski definition) is 6. The van der Waals surface area contributed by atoms with Gasteiger partial charge in [0.1, 0.15) is 23.8 Å². The first-order chi connectivity index (χ1) is 8.02. The maximum Gasteiger partial charge on any atom is 0.340 e. The first kappa shape index (κ1) is 11.7. The summed E-state index contributed by atoms with van der Waals surface area (Å²) < 4.78 is 8.60. The maximum absolute atomic E-state index is 11.6. The summed E-state index contributed by atoms with van der Waals surface area (Å²) in [6, 6.07) is 0. The highest BCUT2D eigenvalue weighted by Gasteiger charge is 2.33. The Balaban J connectivity index is 2.49. The Labute approximate surface area is 99.8 Å². The minimum Gasteiger partial charge on any atom is -0.478 e. The molecule has 0 unspecified atom stereocenters. The zero-order valence-electron chi connectivity index (χ0n) is 8.80. The lowest BCUT2D eigenvalue weighted by Gasteiger charge is -2.23. The fourth-order valence-electron chi connectivity index (χ4n) is 1.48. The largest absolute Gasteiger partial charge is 0.478 e. The number of amides is 2. The van der Waals surface area contributed by atoms with Crippen molar-refractivity contribution in [2.24, 2.45) is 0 Å². The van der Waals surface area contributed by atoms with Crippen molar-refractivity contribution >= 4 is 34.3 Å². The van der Waals surface area contributed by atoms with Gasteiger partial charge < -0.3 is 9.84 Å². The number of carboxylic acids is 1. The molecule has 0 bridgehead atoms. The van der Waals surface area contributed by atoms with E-state index in [1.807, 2.05) is 0 Å². The van der Waals surface area contributed by atoms with Crippen LogP contribution < -0.4 is 4.90 Å². The number of morpholine rings is 1. The lowest BCUT2D eigenvalue weighted by molar-refractivity contribution is -0.138. The van der Waals surface area contributed by atoms with Crippen LogP contribution in [-0.4, -0.2) is 40.5 Å². The first-order valence-electron chi connectivity index (χ1n) is 4.65. The molecular weight excluding hydrogens is 248 g/mol. The molecule has 90 valence electrons. The number of ether oxygens (including phenoxy) is 1. The molecule has 0 aromatic carbocycles. The van der Waals surface area contributed by atoms with Crippen LogP contribution in [-0.2, 0) is 14.3 Å². The van der Waals surface area contributed by atoms with E-state index in [9.17, 15) is 14.4 Å². The molecule has 0 spiro atoms. The fourth-order valence-corrected chi connectivity index (χ4v) is 2.40. The van der Waals surface area contributed by atoms with E-state index in [0.717, 1.165) is 16.4 Å². The van der Waals surface area contributed by atoms with Crippen molar-refractivity contribution < 1.29 is 24.2 Å². The number of carbonyl (C=O) groups excluding carboxylic acids is 2. The SMILES string of the molecule is Cc1nsc(N2C(=O)COCC2=O)c1C(=O)O. The highest BCUT2D eigenvalue weighted by Crippen LogP contribution is 2.29. The standard InChI is InChI=1S/C9H8N2O5S/c1-4-7(9(14)15)8(17-10-4)11-5(12)2-16-3-6(11)13/h2-3H2,1H3,(H,14,15). The van der Waals surface area contributed by atoms with Gasteiger partial charge in [-0.05, 0) is 18.5 Å². The number of imide groups is 1. The van der Waals surface area contributed by atoms with Crippen molar-refractivity contribution in [3.8, 4) is 0 Å². The van der Waals surface area contributed by atoms with Crippen LogP contribution in [0.2, 0.25) is 0 Å². The average molecular weight is 256 g/mol. The van der Waals surface area contributed by atoms with Crippen LogP contribution in [0.25, 0.3) is 0 Å². The third-order valence-corrected chi connectivity index (χ3v) is 3.14. The number of aryl methyl sites for hydroxylation is 1. The smallest absolute Gasteiger partial charge is 0.340 e. The number of nitrogens with zero attached hydrogens (tertiary/aromatic N) is 2. The Morgan fingerprint density at radius 3 is 2.53 bits per heavy atom. The van der Waals surface area contributed by atoms with E-state index in [0.29, 0.717) is 0 Å². The van der Waals surface area contributed by atoms with E-state index < -0.39 is 17.8 Å². The molecular formula is C9H8N2O5S. The van der Waals surface area contributed by atoms with Crippen LogP contribution in [0, 0.1) is 6.92 Å². The Kier molecular flexibility index (Phi) is 2.90. The fraction of sp³-hybridized carbons (Fsp3) is 0.333. The third kappa shape index (κ3) is 1.92. The van der Waals surface area contributed by atoms with E-state index >= 15 is 0 Å². The predicted molar refractivity (Wildman–Crippen MR) is 57.1 cm³/mol. The number of anilines is 1. The van der Waals surface area contributed by atoms with Crippen LogP contribution in [0.4, 0.5) is 5.00 Å². The third-order valence-electron chi connectivity index (χ3n) is 2.21. The summed E-state index contributed by atoms with van der Waals surface area (Å²) in [5, 5.41) is 9.07. The molecule has 7 nitrogen and oxygen atoms in total. The molecule has 1 N–H and O–H groups in total. The maximum atomic E-state index is 11.6. The van der Waals surface area contributed by atoms with Crippen LogP contribution >= 0.6 is 11.5 Å². The molecule has 0 radical (unpaired) electrons. The Morgan fingerprint density at radius 1 is 1.41 bits per heavy atom. The van der Waals surface area contributed by atoms with Crippen molar-refractivity contribution in [1.29, 1.82) is 0 Å². The van der Waals surface area contributed by atoms with Crippen molar-refractivity contribution in [2.75, 3.05) is 18.1 Å². The van der Waals surface area contributed by atoms with E-state index in [1.54, 1.807) is 0 Å². The topological polar surface area (TPSA) is 96.8 Å². The zero-order chi connectivity index (χ0) is 12.6. The molecule has 2 rings (SSSR count). The summed E-state index contributed by atoms with van der Waals surface area (Å²) in [4.78, 5) is 35.0. The van der Waals surface area contributed by atoms with Crippen molar-refractivity contribution in [2.45, 2.75) is 6.92 Å². The molecule has 1 aromatic rings. The number of hydrogen-bond donors (Lipinski definition) is 1. The van der Waals surface area contributed by atoms with Gasteiger partial charge in [0, 0.05) is 0 Å². The minimum absolute atomic E-state index is 0.0494. The van der Waals surface area contributed by atoms with E-state index in [4.69, 9.17) is 9.84 Å². The minimum atomic E-state index is -1.21. The normalized spacial score (nSPS) is 16.4. The molecule has 2 heterocycles. The summed E-state index contributed by atoms with van der Waals surface area (Å²) in [7, 11) is 0. The number of carboxylic acid groups (broad SMARTS) is 1. The van der Waals surface area contributed by atoms with Crippen molar-refractivity contribution in [3.63, 3.8) is 0 Å². The number of rotatable bonds is 2. The molecule has 0 saturated carbocycles. The molecule has 2 amide bonds. The second-order valence-corrected chi connectivity index (χ2v) is 4.12. The van der Waals surface area contributed by atoms with E-state index in [-0.39, 0.29) is 29.5 Å². The van der Waals surface area contributed by atoms with Gasteiger partial charge in [-0.25, -0.2) is 9.69 Å². The Morgan fingerprint density at radius 2 is 2.00 bits per heavy atom. The first-order valence-corrected chi connectivity index (χ1v) is 5.42. The van der Waals surface area contributed by atoms with Gasteiger partial charge in [0.05, 0.1) is 5.69 Å². The van der Waals surface area contributed by atoms with Crippen molar-refractivity contribution in [3.05, 3.63) is 11.3 Å². The van der Waals surface area contributed by atoms with Gasteiger partial charge in [-0.3, -0.25) is 9.59 Å². The summed E-state index contributed by atoms with van der Waals surface area (Å²) in [5.41, 5.74) is 0.170. The molecule has 0 aliphatic carbocycles. The van der Waals surface area contributed by atoms with Crippen LogP contribution in [0.3, 0.4) is 0 Å². The molecule has 0 atom stereocenters. The van der Waals surface area contributed by atoms with Gasteiger partial charge >= 0.3 is 5.97 Å². The van der Waals surface area contributed by atoms with Crippen LogP contribution in [0.1, 0.15) is 16.1 Å². The predicted octanol–water partition coefficient (Wildman–Crippen LogP) is 0.0395. The average Bonchev–Trinajstić information content (AvgIpc) is 2.60. The Bertz CT molecular complexity index is 493. The highest BCUT2D eigenvalue weighted by molar-refractivity contribution is 7.11. The summed E-state index contributed by atoms with van der Waals surface area (Å²) in [6.45, 7) is 1.04. The second-order valence-electron chi connectivity index (χ2n) is 3.37. The number of carbonyl (C=O) groups is 3. The van der Waals surface area contributed by atoms with Gasteiger partial charge in [0.15, 0.2) is 0 Å². The summed E-state index contributed by atoms with van der Waals surface area (Å²) >= 11 is 0.816. The Hall–Kier alpha value is -1.80. The molecule has 1 saturated heterocycles. The zero-order valence-corrected chi connectivity index (χ0v) is 9.61. The molecule has 17 heavy (non-hydrogen) atoms. The van der Waals surface area contributed by atoms with E-state index in [2.05, 4.69) is 4.37 Å². The number of aromatic carboxylic acids is 1. The van der Waals surface area contributed by atoms with Crippen molar-refractivity contribution in [1.82, 2.24) is 4.37 Å². The number of aromatic nitrogens is 1. The van der Waals surface area contributed by atoms with Gasteiger partial charge in [0.25, 0.3) is 11.8 Å². The molecule has 1 aliphatic heterocycles. The van der Waals surface area contributed by atoms with Gasteiger partial charge in [-0.2, -0.15) is 4.37 Å². The molecule has 8 heteroatoms. The summed E-state index contributed by atoms with van der Waals surface area (Å²) in [5.74, 6) is -2.36. The highest BCUT2D eigenvalue weighted by atomic mass is 32.1. The van der Waals surface area contributed by atoms with Gasteiger partial charge in [0.2, 0.25) is 0 Å². The summed E-state index contributed by atoms with van der Waals surface area (Å²) in [6.07, 6.45) is 0. The van der Waals surface area contributed by atoms with E-state index in [1.165, 1.54) is 6.92 Å². The quantitative estimate of drug-likeness (QED) is 0.750.